The van der Waals surface area contributed by atoms with Gasteiger partial charge in [-0.15, -0.1) is 0 Å². The number of thiol groups is 1. The van der Waals surface area contributed by atoms with E-state index in [0.29, 0.717) is 0 Å². The predicted molar refractivity (Wildman–Crippen MR) is 156 cm³/mol. The molecule has 0 aliphatic carbocycles. The first-order valence-corrected chi connectivity index (χ1v) is 15.7. The van der Waals surface area contributed by atoms with Crippen molar-refractivity contribution in [3.05, 3.63) is 59.2 Å². The molecule has 2 fully saturated rings. The summed E-state index contributed by atoms with van der Waals surface area (Å²) in [5.41, 5.74) is 4.51. The van der Waals surface area contributed by atoms with Crippen LogP contribution in [0.3, 0.4) is 0 Å². The van der Waals surface area contributed by atoms with Gasteiger partial charge in [-0.25, -0.2) is 0 Å². The summed E-state index contributed by atoms with van der Waals surface area (Å²) in [4.78, 5) is 0. The molecule has 0 amide bonds. The van der Waals surface area contributed by atoms with Crippen LogP contribution in [0.4, 0.5) is 0 Å². The topological polar surface area (TPSA) is 36.9 Å². The van der Waals surface area contributed by atoms with Gasteiger partial charge in [0.1, 0.15) is 0 Å². The maximum absolute atomic E-state index is 6.73. The molecule has 196 valence electrons. The summed E-state index contributed by atoms with van der Waals surface area (Å²) in [7, 11) is -0.828. The van der Waals surface area contributed by atoms with Gasteiger partial charge in [0.25, 0.3) is 0 Å². The molecule has 4 nitrogen and oxygen atoms in total. The quantitative estimate of drug-likeness (QED) is 0.428. The van der Waals surface area contributed by atoms with E-state index < -0.39 is 11.2 Å². The van der Waals surface area contributed by atoms with Gasteiger partial charge in [0.05, 0.1) is 22.4 Å². The molecule has 2 aliphatic rings. The zero-order chi connectivity index (χ0) is 26.5. The second kappa shape index (κ2) is 9.81. The van der Waals surface area contributed by atoms with E-state index in [1.54, 1.807) is 0 Å². The van der Waals surface area contributed by atoms with Crippen LogP contribution in [0.25, 0.3) is 0 Å². The zero-order valence-electron chi connectivity index (χ0n) is 23.9. The molecule has 2 heterocycles. The van der Waals surface area contributed by atoms with Crippen molar-refractivity contribution in [3.63, 3.8) is 0 Å². The Morgan fingerprint density at radius 1 is 0.694 bits per heavy atom. The number of rotatable bonds is 7. The predicted octanol–water partition coefficient (Wildman–Crippen LogP) is 4.83. The van der Waals surface area contributed by atoms with Crippen molar-refractivity contribution in [1.29, 1.82) is 0 Å². The molecule has 1 unspecified atom stereocenters. The van der Waals surface area contributed by atoms with Crippen LogP contribution in [0.2, 0.25) is 0 Å². The summed E-state index contributed by atoms with van der Waals surface area (Å²) in [5.74, 6) is 1.03. The van der Waals surface area contributed by atoms with Gasteiger partial charge < -0.3 is 18.6 Å². The van der Waals surface area contributed by atoms with Crippen LogP contribution in [-0.4, -0.2) is 49.2 Å². The summed E-state index contributed by atoms with van der Waals surface area (Å²) in [6.07, 6.45) is 6.37. The lowest BCUT2D eigenvalue weighted by atomic mass is 9.74. The van der Waals surface area contributed by atoms with Crippen LogP contribution < -0.4 is 10.9 Å². The fourth-order valence-electron chi connectivity index (χ4n) is 5.10. The molecule has 2 saturated heterocycles. The smallest absolute Gasteiger partial charge is 0.399 e. The molecule has 2 aliphatic heterocycles. The van der Waals surface area contributed by atoms with E-state index in [0.717, 1.165) is 29.5 Å². The first-order chi connectivity index (χ1) is 16.7. The van der Waals surface area contributed by atoms with Crippen molar-refractivity contribution in [2.45, 2.75) is 96.4 Å². The van der Waals surface area contributed by atoms with Crippen molar-refractivity contribution in [3.8, 4) is 0 Å². The Bertz CT molecular complexity index is 1080. The normalized spacial score (nSPS) is 24.9. The Hall–Kier alpha value is -1.24. The molecule has 4 rings (SSSR count). The van der Waals surface area contributed by atoms with Gasteiger partial charge in [-0.1, -0.05) is 49.4 Å². The lowest BCUT2D eigenvalue weighted by molar-refractivity contribution is -0.00877. The molecular weight excluding hydrogens is 466 g/mol. The third-order valence-corrected chi connectivity index (χ3v) is 9.45. The lowest BCUT2D eigenvalue weighted by Crippen LogP contribution is -2.46. The van der Waals surface area contributed by atoms with Crippen LogP contribution in [-0.2, 0) is 37.2 Å². The third kappa shape index (κ3) is 5.19. The Morgan fingerprint density at radius 2 is 1.25 bits per heavy atom. The lowest BCUT2D eigenvalue weighted by Gasteiger charge is -2.36. The summed E-state index contributed by atoms with van der Waals surface area (Å²) in [5, 5.41) is 0. The first kappa shape index (κ1) is 27.8. The highest BCUT2D eigenvalue weighted by atomic mass is 32.2. The average molecular weight is 510 g/mol. The van der Waals surface area contributed by atoms with Crippen molar-refractivity contribution in [2.75, 3.05) is 12.5 Å². The molecule has 0 N–H and O–H groups in total. The highest BCUT2D eigenvalue weighted by molar-refractivity contribution is 8.15. The van der Waals surface area contributed by atoms with Crippen molar-refractivity contribution < 1.29 is 18.6 Å². The minimum atomic E-state index is -0.467. The van der Waals surface area contributed by atoms with Gasteiger partial charge in [-0.05, 0) is 101 Å². The van der Waals surface area contributed by atoms with Crippen molar-refractivity contribution in [1.82, 2.24) is 0 Å². The Labute approximate surface area is 222 Å². The van der Waals surface area contributed by atoms with Gasteiger partial charge in [0.2, 0.25) is 0 Å². The molecule has 36 heavy (non-hydrogen) atoms. The molecule has 7 heteroatoms. The second-order valence-electron chi connectivity index (χ2n) is 12.4. The minimum Gasteiger partial charge on any atom is -0.399 e. The Kier molecular flexibility index (Phi) is 7.57. The monoisotopic (exact) mass is 510 g/mol. The van der Waals surface area contributed by atoms with E-state index in [-0.39, 0.29) is 36.3 Å². The van der Waals surface area contributed by atoms with E-state index in [1.165, 1.54) is 16.7 Å². The number of hydrogen-bond donors (Lipinski definition) is 1. The minimum absolute atomic E-state index is 0.125. The van der Waals surface area contributed by atoms with Crippen LogP contribution >= 0.6 is 10.9 Å². The molecule has 0 spiro atoms. The molecule has 1 atom stereocenters. The van der Waals surface area contributed by atoms with E-state index in [4.69, 9.17) is 18.6 Å². The molecular formula is C29H44B2O4S. The average Bonchev–Trinajstić information content (AvgIpc) is 3.13. The maximum Gasteiger partial charge on any atom is 0.495 e. The van der Waals surface area contributed by atoms with Gasteiger partial charge in [-0.3, -0.25) is 10.9 Å². The van der Waals surface area contributed by atoms with Gasteiger partial charge in [-0.2, -0.15) is 0 Å². The molecule has 0 saturated carbocycles. The standard InChI is InChI=1S/C29H44B2O4S/c1-11-22-14-12-13-15-24(22)31-34-28(6,7)29(8,35-31)19-21-16-17-25(23(18-21)20-36(9)10)30-32-26(2,3)27(4,5)33-30/h12-18,36H,11,19-20H2,1-10H3. The van der Waals surface area contributed by atoms with E-state index >= 15 is 0 Å². The highest BCUT2D eigenvalue weighted by Gasteiger charge is 2.55. The summed E-state index contributed by atoms with van der Waals surface area (Å²) < 4.78 is 26.1. The van der Waals surface area contributed by atoms with Crippen molar-refractivity contribution in [2.24, 2.45) is 0 Å². The van der Waals surface area contributed by atoms with Crippen LogP contribution in [0, 0.1) is 0 Å². The van der Waals surface area contributed by atoms with Gasteiger partial charge >= 0.3 is 14.2 Å². The van der Waals surface area contributed by atoms with Crippen molar-refractivity contribution >= 4 is 36.1 Å². The molecule has 0 radical (unpaired) electrons. The number of hydrogen-bond acceptors (Lipinski definition) is 4. The third-order valence-electron chi connectivity index (χ3n) is 8.47. The molecule has 0 aromatic heterocycles. The largest absolute Gasteiger partial charge is 0.495 e. The summed E-state index contributed by atoms with van der Waals surface area (Å²) in [6, 6.07) is 15.2. The number of benzene rings is 2. The first-order valence-electron chi connectivity index (χ1n) is 13.2. The fourth-order valence-corrected chi connectivity index (χ4v) is 6.05. The summed E-state index contributed by atoms with van der Waals surface area (Å²) >= 11 is 0. The SMILES string of the molecule is CCc1ccccc1B1OC(C)(C)C(C)(Cc2ccc(B3OC(C)(C)C(C)(C)O3)c(C[SH](C)C)c2)O1. The van der Waals surface area contributed by atoms with E-state index in [1.807, 2.05) is 0 Å². The molecule has 0 bridgehead atoms. The summed E-state index contributed by atoms with van der Waals surface area (Å²) in [6.45, 7) is 17.1. The van der Waals surface area contributed by atoms with E-state index in [9.17, 15) is 0 Å². The second-order valence-corrected chi connectivity index (χ2v) is 14.9. The van der Waals surface area contributed by atoms with Gasteiger partial charge in [0, 0.05) is 6.42 Å². The molecule has 2 aromatic carbocycles. The fraction of sp³-hybridized carbons (Fsp3) is 0.586. The van der Waals surface area contributed by atoms with E-state index in [2.05, 4.69) is 110 Å². The van der Waals surface area contributed by atoms with Gasteiger partial charge in [0.15, 0.2) is 0 Å². The highest BCUT2D eigenvalue weighted by Crippen LogP contribution is 2.41. The Morgan fingerprint density at radius 3 is 1.86 bits per heavy atom. The zero-order valence-corrected chi connectivity index (χ0v) is 24.8. The maximum atomic E-state index is 6.73. The van der Waals surface area contributed by atoms with Crippen LogP contribution in [0.1, 0.15) is 72.1 Å². The van der Waals surface area contributed by atoms with Crippen LogP contribution in [0.5, 0.6) is 0 Å². The number of aryl methyl sites for hydroxylation is 1. The van der Waals surface area contributed by atoms with Crippen LogP contribution in [0.15, 0.2) is 42.5 Å². The Balaban J connectivity index is 1.62. The molecule has 2 aromatic rings.